The van der Waals surface area contributed by atoms with Gasteiger partial charge in [0.2, 0.25) is 0 Å². The van der Waals surface area contributed by atoms with Crippen LogP contribution in [0.5, 0.6) is 5.75 Å². The van der Waals surface area contributed by atoms with E-state index in [0.29, 0.717) is 17.7 Å². The van der Waals surface area contributed by atoms with Crippen molar-refractivity contribution in [3.63, 3.8) is 0 Å². The van der Waals surface area contributed by atoms with Gasteiger partial charge in [0.25, 0.3) is 0 Å². The van der Waals surface area contributed by atoms with Crippen LogP contribution in [0.25, 0.3) is 22.4 Å². The summed E-state index contributed by atoms with van der Waals surface area (Å²) in [4.78, 5) is 0. The van der Waals surface area contributed by atoms with Crippen LogP contribution in [0, 0.1) is 5.82 Å². The molecule has 3 aromatic carbocycles. The van der Waals surface area contributed by atoms with Gasteiger partial charge >= 0.3 is 0 Å². The van der Waals surface area contributed by atoms with Crippen LogP contribution in [0.4, 0.5) is 13.2 Å². The molecule has 0 atom stereocenters. The van der Waals surface area contributed by atoms with E-state index in [1.807, 2.05) is 19.1 Å². The summed E-state index contributed by atoms with van der Waals surface area (Å²) in [5, 5.41) is 0.772. The Morgan fingerprint density at radius 3 is 2.42 bits per heavy atom. The molecular weight excluding hydrogens is 397 g/mol. The third-order valence-electron chi connectivity index (χ3n) is 5.21. The predicted molar refractivity (Wildman–Crippen MR) is 123 cm³/mol. The summed E-state index contributed by atoms with van der Waals surface area (Å²) in [5.74, 6) is -2.48. The Balaban J connectivity index is 1.86. The Morgan fingerprint density at radius 1 is 0.935 bits per heavy atom. The number of halogens is 3. The minimum absolute atomic E-state index is 0.101. The molecule has 0 unspecified atom stereocenters. The summed E-state index contributed by atoms with van der Waals surface area (Å²) in [6.07, 6.45) is 7.96. The molecule has 0 aliphatic heterocycles. The number of ether oxygens (including phenoxy) is 1. The van der Waals surface area contributed by atoms with Crippen LogP contribution in [-0.2, 0) is 6.42 Å². The molecule has 0 heterocycles. The maximum absolute atomic E-state index is 15.0. The Kier molecular flexibility index (Phi) is 7.94. The van der Waals surface area contributed by atoms with Crippen LogP contribution >= 0.6 is 0 Å². The molecule has 0 aliphatic carbocycles. The van der Waals surface area contributed by atoms with Crippen molar-refractivity contribution in [2.45, 2.75) is 39.5 Å². The second-order valence-electron chi connectivity index (χ2n) is 7.47. The van der Waals surface area contributed by atoms with E-state index in [1.54, 1.807) is 42.5 Å². The maximum Gasteiger partial charge on any atom is 0.169 e. The highest BCUT2D eigenvalue weighted by Crippen LogP contribution is 2.34. The van der Waals surface area contributed by atoms with Crippen molar-refractivity contribution in [1.29, 1.82) is 0 Å². The monoisotopic (exact) mass is 424 g/mol. The molecule has 0 radical (unpaired) electrons. The van der Waals surface area contributed by atoms with Gasteiger partial charge in [-0.25, -0.2) is 13.2 Å². The zero-order valence-electron chi connectivity index (χ0n) is 17.9. The van der Waals surface area contributed by atoms with Gasteiger partial charge in [-0.2, -0.15) is 0 Å². The van der Waals surface area contributed by atoms with Gasteiger partial charge in [0.05, 0.1) is 0 Å². The highest BCUT2D eigenvalue weighted by molar-refractivity contribution is 5.91. The maximum atomic E-state index is 15.0. The van der Waals surface area contributed by atoms with Crippen LogP contribution in [0.15, 0.2) is 66.7 Å². The highest BCUT2D eigenvalue weighted by atomic mass is 19.2. The zero-order valence-corrected chi connectivity index (χ0v) is 17.9. The van der Waals surface area contributed by atoms with Crippen molar-refractivity contribution >= 4 is 22.4 Å². The summed E-state index contributed by atoms with van der Waals surface area (Å²) >= 11 is 0. The standard InChI is InChI=1S/C27H27F3O/c1-3-5-7-8-19-9-11-20(12-10-19)25(28)27(30)24-15-13-21-18-22(31-17-6-4-2)14-16-23(21)26(24)29/h4,6,9-16,18H,3,5,7-8,17H2,1-2H3. The molecule has 0 saturated heterocycles. The van der Waals surface area contributed by atoms with Crippen molar-refractivity contribution in [1.82, 2.24) is 0 Å². The van der Waals surface area contributed by atoms with Crippen LogP contribution in [0.3, 0.4) is 0 Å². The lowest BCUT2D eigenvalue weighted by Gasteiger charge is -2.09. The van der Waals surface area contributed by atoms with E-state index < -0.39 is 17.5 Å². The highest BCUT2D eigenvalue weighted by Gasteiger charge is 2.17. The smallest absolute Gasteiger partial charge is 0.169 e. The Morgan fingerprint density at radius 2 is 1.71 bits per heavy atom. The summed E-state index contributed by atoms with van der Waals surface area (Å²) < 4.78 is 50.2. The molecule has 0 N–H and O–H groups in total. The first kappa shape index (κ1) is 22.7. The summed E-state index contributed by atoms with van der Waals surface area (Å²) in [5.41, 5.74) is 0.790. The lowest BCUT2D eigenvalue weighted by Crippen LogP contribution is -1.95. The van der Waals surface area contributed by atoms with Gasteiger partial charge in [0.1, 0.15) is 18.2 Å². The number of hydrogen-bond acceptors (Lipinski definition) is 1. The Labute approximate surface area is 181 Å². The van der Waals surface area contributed by atoms with Crippen molar-refractivity contribution in [3.05, 3.63) is 89.3 Å². The molecule has 162 valence electrons. The Bertz CT molecular complexity index is 1080. The van der Waals surface area contributed by atoms with E-state index in [0.717, 1.165) is 31.2 Å². The average Bonchev–Trinajstić information content (AvgIpc) is 2.79. The first-order valence-electron chi connectivity index (χ1n) is 10.7. The molecule has 1 nitrogen and oxygen atoms in total. The fourth-order valence-electron chi connectivity index (χ4n) is 3.41. The number of allylic oxidation sites excluding steroid dienone is 1. The number of fused-ring (bicyclic) bond motifs is 1. The van der Waals surface area contributed by atoms with Crippen LogP contribution in [0.1, 0.15) is 49.8 Å². The topological polar surface area (TPSA) is 9.23 Å². The second-order valence-corrected chi connectivity index (χ2v) is 7.47. The molecule has 31 heavy (non-hydrogen) atoms. The molecule has 0 aromatic heterocycles. The van der Waals surface area contributed by atoms with Crippen molar-refractivity contribution in [3.8, 4) is 5.75 Å². The SMILES string of the molecule is CC=CCOc1ccc2c(F)c(C(F)=C(F)c3ccc(CCCCC)cc3)ccc2c1. The third-order valence-corrected chi connectivity index (χ3v) is 5.21. The van der Waals surface area contributed by atoms with Crippen LogP contribution in [0.2, 0.25) is 0 Å². The average molecular weight is 425 g/mol. The van der Waals surface area contributed by atoms with Gasteiger partial charge in [-0.05, 0) is 55.0 Å². The number of hydrogen-bond donors (Lipinski definition) is 0. The predicted octanol–water partition coefficient (Wildman–Crippen LogP) is 8.43. The summed E-state index contributed by atoms with van der Waals surface area (Å²) in [6.45, 7) is 4.43. The molecular formula is C27H27F3O. The van der Waals surface area contributed by atoms with Crippen molar-refractivity contribution < 1.29 is 17.9 Å². The zero-order chi connectivity index (χ0) is 22.2. The fraction of sp³-hybridized carbons (Fsp3) is 0.259. The molecule has 0 aliphatic rings. The summed E-state index contributed by atoms with van der Waals surface area (Å²) in [7, 11) is 0. The number of rotatable bonds is 9. The van der Waals surface area contributed by atoms with E-state index in [2.05, 4.69) is 6.92 Å². The van der Waals surface area contributed by atoms with Gasteiger partial charge in [-0.15, -0.1) is 0 Å². The van der Waals surface area contributed by atoms with E-state index >= 15 is 0 Å². The molecule has 0 saturated carbocycles. The fourth-order valence-corrected chi connectivity index (χ4v) is 3.41. The van der Waals surface area contributed by atoms with E-state index in [4.69, 9.17) is 4.74 Å². The number of unbranched alkanes of at least 4 members (excludes halogenated alkanes) is 2. The normalized spacial score (nSPS) is 12.4. The van der Waals surface area contributed by atoms with E-state index in [1.165, 1.54) is 12.1 Å². The number of benzene rings is 3. The van der Waals surface area contributed by atoms with Gasteiger partial charge in [0.15, 0.2) is 11.7 Å². The largest absolute Gasteiger partial charge is 0.490 e. The number of aryl methyl sites for hydroxylation is 1. The second kappa shape index (κ2) is 10.9. The van der Waals surface area contributed by atoms with Gasteiger partial charge in [-0.3, -0.25) is 0 Å². The van der Waals surface area contributed by atoms with Crippen LogP contribution in [-0.4, -0.2) is 6.61 Å². The first-order valence-corrected chi connectivity index (χ1v) is 10.7. The third kappa shape index (κ3) is 5.57. The van der Waals surface area contributed by atoms with Gasteiger partial charge in [0, 0.05) is 16.5 Å². The Hall–Kier alpha value is -3.01. The molecule has 0 fully saturated rings. The van der Waals surface area contributed by atoms with E-state index in [-0.39, 0.29) is 16.5 Å². The minimum Gasteiger partial charge on any atom is -0.490 e. The molecule has 0 amide bonds. The first-order chi connectivity index (χ1) is 15.0. The summed E-state index contributed by atoms with van der Waals surface area (Å²) in [6, 6.07) is 14.3. The lowest BCUT2D eigenvalue weighted by molar-refractivity contribution is 0.363. The molecule has 3 aromatic rings. The molecule has 0 bridgehead atoms. The van der Waals surface area contributed by atoms with Crippen molar-refractivity contribution in [2.24, 2.45) is 0 Å². The quantitative estimate of drug-likeness (QED) is 0.190. The lowest BCUT2D eigenvalue weighted by atomic mass is 10.0. The van der Waals surface area contributed by atoms with Gasteiger partial charge in [-0.1, -0.05) is 62.2 Å². The minimum atomic E-state index is -1.20. The molecule has 0 spiro atoms. The molecule has 3 rings (SSSR count). The van der Waals surface area contributed by atoms with Gasteiger partial charge < -0.3 is 4.74 Å². The van der Waals surface area contributed by atoms with Crippen molar-refractivity contribution in [2.75, 3.05) is 6.61 Å². The van der Waals surface area contributed by atoms with E-state index in [9.17, 15) is 13.2 Å². The molecule has 4 heteroatoms. The van der Waals surface area contributed by atoms with Crippen LogP contribution < -0.4 is 4.74 Å².